The second-order valence-electron chi connectivity index (χ2n) is 3.52. The van der Waals surface area contributed by atoms with Gasteiger partial charge >= 0.3 is 5.97 Å². The Hall–Kier alpha value is -2.16. The van der Waals surface area contributed by atoms with Gasteiger partial charge < -0.3 is 4.74 Å². The van der Waals surface area contributed by atoms with Crippen LogP contribution in [-0.2, 0) is 4.74 Å². The summed E-state index contributed by atoms with van der Waals surface area (Å²) in [5.41, 5.74) is 0.686. The fraction of sp³-hybridized carbons (Fsp3) is 0.0714. The topological polar surface area (TPSA) is 26.3 Å². The van der Waals surface area contributed by atoms with E-state index in [1.807, 2.05) is 0 Å². The first-order valence-electron chi connectivity index (χ1n) is 5.00. The molecular weight excluding hydrogens is 219 g/mol. The smallest absolute Gasteiger partial charge is 0.346 e. The maximum atomic E-state index is 13.2. The maximum Gasteiger partial charge on any atom is 0.346 e. The van der Waals surface area contributed by atoms with E-state index in [0.29, 0.717) is 0 Å². The minimum absolute atomic E-state index is 0.114. The van der Waals surface area contributed by atoms with Crippen molar-refractivity contribution in [2.24, 2.45) is 0 Å². The third kappa shape index (κ3) is 4.07. The monoisotopic (exact) mass is 232 g/mol. The first-order valence-corrected chi connectivity index (χ1v) is 5.00. The summed E-state index contributed by atoms with van der Waals surface area (Å²) in [5.74, 6) is -1.24. The molecule has 0 fully saturated rings. The summed E-state index contributed by atoms with van der Waals surface area (Å²) < 4.78 is 18.1. The van der Waals surface area contributed by atoms with Gasteiger partial charge in [0.25, 0.3) is 0 Å². The number of hydrogen-bond donors (Lipinski definition) is 0. The van der Waals surface area contributed by atoms with Gasteiger partial charge in [0.05, 0.1) is 5.56 Å². The van der Waals surface area contributed by atoms with Crippen LogP contribution in [0.4, 0.5) is 4.39 Å². The Morgan fingerprint density at radius 1 is 1.29 bits per heavy atom. The molecule has 0 N–H and O–H groups in total. The molecule has 3 heteroatoms. The van der Waals surface area contributed by atoms with Crippen molar-refractivity contribution in [2.45, 2.75) is 6.92 Å². The molecule has 0 heterocycles. The van der Waals surface area contributed by atoms with Crippen molar-refractivity contribution in [2.75, 3.05) is 0 Å². The molecular formula is C14H13FO2. The number of benzene rings is 1. The number of carbonyl (C=O) groups excluding carboxylic acids is 1. The molecule has 0 amide bonds. The zero-order chi connectivity index (χ0) is 12.8. The molecule has 0 atom stereocenters. The summed E-state index contributed by atoms with van der Waals surface area (Å²) in [7, 11) is 0. The SMILES string of the molecule is C=C(C)/C=C\C(=C)OC(=O)c1ccccc1F. The summed E-state index contributed by atoms with van der Waals surface area (Å²) in [6.45, 7) is 8.97. The van der Waals surface area contributed by atoms with E-state index < -0.39 is 11.8 Å². The lowest BCUT2D eigenvalue weighted by atomic mass is 10.2. The summed E-state index contributed by atoms with van der Waals surface area (Å²) in [6, 6.07) is 5.62. The molecule has 1 aromatic carbocycles. The normalized spacial score (nSPS) is 10.2. The van der Waals surface area contributed by atoms with Crippen LogP contribution < -0.4 is 0 Å². The van der Waals surface area contributed by atoms with Crippen molar-refractivity contribution < 1.29 is 13.9 Å². The first-order chi connectivity index (χ1) is 8.00. The van der Waals surface area contributed by atoms with Crippen LogP contribution in [-0.4, -0.2) is 5.97 Å². The van der Waals surface area contributed by atoms with Crippen molar-refractivity contribution in [1.82, 2.24) is 0 Å². The van der Waals surface area contributed by atoms with Crippen LogP contribution in [0.5, 0.6) is 0 Å². The lowest BCUT2D eigenvalue weighted by Gasteiger charge is -2.04. The predicted octanol–water partition coefficient (Wildman–Crippen LogP) is 3.63. The third-order valence-electron chi connectivity index (χ3n) is 1.87. The minimum atomic E-state index is -0.764. The second kappa shape index (κ2) is 5.80. The molecule has 0 unspecified atom stereocenters. The Balaban J connectivity index is 2.71. The van der Waals surface area contributed by atoms with Crippen molar-refractivity contribution >= 4 is 5.97 Å². The third-order valence-corrected chi connectivity index (χ3v) is 1.87. The van der Waals surface area contributed by atoms with Crippen LogP contribution in [0.3, 0.4) is 0 Å². The van der Waals surface area contributed by atoms with Gasteiger partial charge in [-0.15, -0.1) is 0 Å². The lowest BCUT2D eigenvalue weighted by molar-refractivity contribution is 0.0633. The summed E-state index contributed by atoms with van der Waals surface area (Å²) >= 11 is 0. The number of allylic oxidation sites excluding steroid dienone is 3. The molecule has 0 spiro atoms. The number of hydrogen-bond acceptors (Lipinski definition) is 2. The summed E-state index contributed by atoms with van der Waals surface area (Å²) in [6.07, 6.45) is 3.15. The van der Waals surface area contributed by atoms with E-state index in [9.17, 15) is 9.18 Å². The molecule has 0 saturated carbocycles. The standard InChI is InChI=1S/C14H13FO2/c1-10(2)8-9-11(3)17-14(16)12-6-4-5-7-13(12)15/h4-9H,1,3H2,2H3/b9-8-. The summed E-state index contributed by atoms with van der Waals surface area (Å²) in [4.78, 5) is 11.5. The lowest BCUT2D eigenvalue weighted by Crippen LogP contribution is -2.05. The van der Waals surface area contributed by atoms with E-state index in [4.69, 9.17) is 4.74 Å². The highest BCUT2D eigenvalue weighted by Gasteiger charge is 2.12. The van der Waals surface area contributed by atoms with E-state index in [1.54, 1.807) is 19.1 Å². The largest absolute Gasteiger partial charge is 0.424 e. The quantitative estimate of drug-likeness (QED) is 0.450. The Labute approximate surface area is 99.7 Å². The number of carbonyl (C=O) groups is 1. The Morgan fingerprint density at radius 3 is 2.53 bits per heavy atom. The van der Waals surface area contributed by atoms with E-state index in [2.05, 4.69) is 13.2 Å². The van der Waals surface area contributed by atoms with Crippen LogP contribution in [0.15, 0.2) is 60.9 Å². The molecule has 0 bridgehead atoms. The van der Waals surface area contributed by atoms with E-state index >= 15 is 0 Å². The van der Waals surface area contributed by atoms with Crippen molar-refractivity contribution in [3.05, 3.63) is 72.3 Å². The highest BCUT2D eigenvalue weighted by atomic mass is 19.1. The molecule has 1 aromatic rings. The fourth-order valence-corrected chi connectivity index (χ4v) is 1.07. The molecule has 0 radical (unpaired) electrons. The molecule has 88 valence electrons. The van der Waals surface area contributed by atoms with Crippen LogP contribution >= 0.6 is 0 Å². The zero-order valence-electron chi connectivity index (χ0n) is 9.57. The van der Waals surface area contributed by atoms with Gasteiger partial charge in [-0.3, -0.25) is 0 Å². The predicted molar refractivity (Wildman–Crippen MR) is 64.9 cm³/mol. The van der Waals surface area contributed by atoms with E-state index in [1.165, 1.54) is 24.3 Å². The minimum Gasteiger partial charge on any atom is -0.424 e. The van der Waals surface area contributed by atoms with Crippen LogP contribution in [0.2, 0.25) is 0 Å². The van der Waals surface area contributed by atoms with Crippen LogP contribution in [0, 0.1) is 5.82 Å². The first kappa shape index (κ1) is 12.9. The molecule has 0 aliphatic heterocycles. The molecule has 0 saturated heterocycles. The Morgan fingerprint density at radius 2 is 1.94 bits per heavy atom. The Kier molecular flexibility index (Phi) is 4.40. The number of rotatable bonds is 4. The number of esters is 1. The van der Waals surface area contributed by atoms with Crippen molar-refractivity contribution in [3.63, 3.8) is 0 Å². The molecule has 17 heavy (non-hydrogen) atoms. The van der Waals surface area contributed by atoms with Gasteiger partial charge in [-0.05, 0) is 25.1 Å². The van der Waals surface area contributed by atoms with Gasteiger partial charge in [0.15, 0.2) is 0 Å². The average molecular weight is 232 g/mol. The maximum absolute atomic E-state index is 13.2. The van der Waals surface area contributed by atoms with Gasteiger partial charge in [0.2, 0.25) is 0 Å². The molecule has 0 aromatic heterocycles. The molecule has 1 rings (SSSR count). The molecule has 0 aliphatic rings. The van der Waals surface area contributed by atoms with Crippen molar-refractivity contribution in [1.29, 1.82) is 0 Å². The van der Waals surface area contributed by atoms with Crippen LogP contribution in [0.25, 0.3) is 0 Å². The van der Waals surface area contributed by atoms with Gasteiger partial charge in [0.1, 0.15) is 11.6 Å². The molecule has 2 nitrogen and oxygen atoms in total. The van der Waals surface area contributed by atoms with Gasteiger partial charge in [-0.1, -0.05) is 36.9 Å². The van der Waals surface area contributed by atoms with Crippen LogP contribution in [0.1, 0.15) is 17.3 Å². The van der Waals surface area contributed by atoms with E-state index in [-0.39, 0.29) is 11.3 Å². The number of ether oxygens (including phenoxy) is 1. The van der Waals surface area contributed by atoms with Gasteiger partial charge in [-0.25, -0.2) is 9.18 Å². The average Bonchev–Trinajstić information content (AvgIpc) is 2.26. The van der Waals surface area contributed by atoms with Gasteiger partial charge in [-0.2, -0.15) is 0 Å². The highest BCUT2D eigenvalue weighted by molar-refractivity contribution is 5.90. The zero-order valence-corrected chi connectivity index (χ0v) is 9.57. The Bertz CT molecular complexity index is 487. The highest BCUT2D eigenvalue weighted by Crippen LogP contribution is 2.10. The van der Waals surface area contributed by atoms with E-state index in [0.717, 1.165) is 5.57 Å². The summed E-state index contributed by atoms with van der Waals surface area (Å²) in [5, 5.41) is 0. The van der Waals surface area contributed by atoms with Crippen molar-refractivity contribution in [3.8, 4) is 0 Å². The second-order valence-corrected chi connectivity index (χ2v) is 3.52. The molecule has 0 aliphatic carbocycles. The number of halogens is 1. The fourth-order valence-electron chi connectivity index (χ4n) is 1.07. The van der Waals surface area contributed by atoms with Gasteiger partial charge in [0, 0.05) is 0 Å².